The number of hydrogen-bond acceptors (Lipinski definition) is 0. The summed E-state index contributed by atoms with van der Waals surface area (Å²) in [4.78, 5) is 0. The van der Waals surface area contributed by atoms with Gasteiger partial charge in [-0.3, -0.25) is 0 Å². The van der Waals surface area contributed by atoms with Gasteiger partial charge in [0.25, 0.3) is 0 Å². The molecule has 0 saturated heterocycles. The van der Waals surface area contributed by atoms with Crippen LogP contribution in [0.5, 0.6) is 0 Å². The highest BCUT2D eigenvalue weighted by Gasteiger charge is 2.08. The van der Waals surface area contributed by atoms with E-state index in [1.807, 2.05) is 56.3 Å². The largest absolute Gasteiger partial charge is 0.206 e. The minimum atomic E-state index is -0.166. The molecular weight excluding hydrogens is 355 g/mol. The zero-order valence-corrected chi connectivity index (χ0v) is 17.2. The Balaban J connectivity index is 1.75. The van der Waals surface area contributed by atoms with E-state index in [-0.39, 0.29) is 5.82 Å². The Morgan fingerprint density at radius 3 is 2.10 bits per heavy atom. The van der Waals surface area contributed by atoms with E-state index in [2.05, 4.69) is 41.8 Å². The van der Waals surface area contributed by atoms with Gasteiger partial charge < -0.3 is 0 Å². The van der Waals surface area contributed by atoms with Crippen molar-refractivity contribution >= 4 is 5.57 Å². The van der Waals surface area contributed by atoms with Crippen LogP contribution in [0, 0.1) is 5.82 Å². The lowest BCUT2D eigenvalue weighted by Gasteiger charge is -2.08. The summed E-state index contributed by atoms with van der Waals surface area (Å²) < 4.78 is 14.6. The van der Waals surface area contributed by atoms with Gasteiger partial charge in [0.2, 0.25) is 0 Å². The molecule has 0 bridgehead atoms. The summed E-state index contributed by atoms with van der Waals surface area (Å²) in [5, 5.41) is 0. The van der Waals surface area contributed by atoms with Gasteiger partial charge >= 0.3 is 0 Å². The molecule has 0 aromatic heterocycles. The summed E-state index contributed by atoms with van der Waals surface area (Å²) in [5.41, 5.74) is 12.3. The zero-order chi connectivity index (χ0) is 20.5. The third-order valence-corrected chi connectivity index (χ3v) is 5.00. The van der Waals surface area contributed by atoms with Gasteiger partial charge in [-0.05, 0) is 74.4 Å². The van der Waals surface area contributed by atoms with Crippen molar-refractivity contribution in [3.8, 4) is 11.1 Å². The number of aryl methyl sites for hydroxylation is 1. The summed E-state index contributed by atoms with van der Waals surface area (Å²) in [6.45, 7) is 4.04. The highest BCUT2D eigenvalue weighted by Crippen LogP contribution is 2.27. The second-order valence-corrected chi connectivity index (χ2v) is 7.13. The van der Waals surface area contributed by atoms with Crippen molar-refractivity contribution in [1.82, 2.24) is 0 Å². The van der Waals surface area contributed by atoms with Gasteiger partial charge in [-0.15, -0.1) is 0 Å². The van der Waals surface area contributed by atoms with Crippen LogP contribution in [0.25, 0.3) is 16.7 Å². The van der Waals surface area contributed by atoms with Crippen LogP contribution in [0.2, 0.25) is 0 Å². The first-order valence-corrected chi connectivity index (χ1v) is 10.3. The Kier molecular flexibility index (Phi) is 7.42. The average Bonchev–Trinajstić information content (AvgIpc) is 2.75. The molecule has 0 fully saturated rings. The highest BCUT2D eigenvalue weighted by atomic mass is 19.1. The van der Waals surface area contributed by atoms with Crippen LogP contribution in [0.1, 0.15) is 44.2 Å². The molecule has 1 aliphatic carbocycles. The molecule has 0 nitrogen and oxygen atoms in total. The molecular formula is C28H27F. The fourth-order valence-electron chi connectivity index (χ4n) is 3.33. The molecule has 0 aliphatic heterocycles. The van der Waals surface area contributed by atoms with E-state index in [9.17, 15) is 4.39 Å². The predicted octanol–water partition coefficient (Wildman–Crippen LogP) is 7.99. The third kappa shape index (κ3) is 5.69. The fourth-order valence-corrected chi connectivity index (χ4v) is 3.33. The van der Waals surface area contributed by atoms with Crippen LogP contribution < -0.4 is 0 Å². The Morgan fingerprint density at radius 2 is 1.48 bits per heavy atom. The van der Waals surface area contributed by atoms with Crippen molar-refractivity contribution in [2.24, 2.45) is 0 Å². The SMILES string of the molecule is C/C=C/CCC1=C=C=C(c2ccc(-c3ccc(CC/C=C/C)cc3F)cc2)C=C1. The number of benzene rings is 2. The number of rotatable bonds is 8. The third-order valence-electron chi connectivity index (χ3n) is 5.00. The molecule has 0 atom stereocenters. The van der Waals surface area contributed by atoms with Crippen LogP contribution in [0.15, 0.2) is 96.0 Å². The molecule has 0 spiro atoms. The average molecular weight is 383 g/mol. The maximum Gasteiger partial charge on any atom is 0.131 e. The van der Waals surface area contributed by atoms with Crippen molar-refractivity contribution in [3.05, 3.63) is 113 Å². The van der Waals surface area contributed by atoms with Gasteiger partial charge in [-0.1, -0.05) is 72.2 Å². The first-order chi connectivity index (χ1) is 14.2. The van der Waals surface area contributed by atoms with Crippen molar-refractivity contribution in [2.45, 2.75) is 39.5 Å². The topological polar surface area (TPSA) is 0 Å². The fraction of sp³-hybridized carbons (Fsp3) is 0.214. The van der Waals surface area contributed by atoms with E-state index in [0.29, 0.717) is 5.56 Å². The molecule has 1 aliphatic rings. The maximum absolute atomic E-state index is 14.6. The van der Waals surface area contributed by atoms with Crippen molar-refractivity contribution in [1.29, 1.82) is 0 Å². The summed E-state index contributed by atoms with van der Waals surface area (Å²) in [6.07, 6.45) is 16.3. The molecule has 3 rings (SSSR count). The second kappa shape index (κ2) is 10.4. The Hall–Kier alpha value is -3.11. The van der Waals surface area contributed by atoms with Gasteiger partial charge in [-0.2, -0.15) is 0 Å². The van der Waals surface area contributed by atoms with Crippen LogP contribution in [-0.2, 0) is 6.42 Å². The predicted molar refractivity (Wildman–Crippen MR) is 122 cm³/mol. The van der Waals surface area contributed by atoms with Gasteiger partial charge in [0, 0.05) is 16.7 Å². The first-order valence-electron chi connectivity index (χ1n) is 10.3. The lowest BCUT2D eigenvalue weighted by atomic mass is 9.97. The quantitative estimate of drug-likeness (QED) is 0.320. The number of halogens is 1. The standard InChI is InChI=1S/C28H27F/c1-3-5-7-9-22-11-14-24(15-12-22)25-16-18-26(19-17-25)27-20-13-23(21-28(27)29)10-8-6-4-2/h3-6,11,13-14,16-21H,7-10H2,1-2H3/b5-3+,6-4+. The molecule has 146 valence electrons. The van der Waals surface area contributed by atoms with E-state index in [4.69, 9.17) is 0 Å². The molecule has 0 N–H and O–H groups in total. The molecule has 0 heterocycles. The number of allylic oxidation sites excluding steroid dienone is 8. The summed E-state index contributed by atoms with van der Waals surface area (Å²) in [7, 11) is 0. The van der Waals surface area contributed by atoms with Gasteiger partial charge in [-0.25, -0.2) is 4.39 Å². The summed E-state index contributed by atoms with van der Waals surface area (Å²) in [5.74, 6) is -0.166. The van der Waals surface area contributed by atoms with Crippen molar-refractivity contribution < 1.29 is 4.39 Å². The first kappa shape index (κ1) is 20.6. The van der Waals surface area contributed by atoms with Gasteiger partial charge in [0.15, 0.2) is 0 Å². The molecule has 0 saturated carbocycles. The monoisotopic (exact) mass is 382 g/mol. The lowest BCUT2D eigenvalue weighted by Crippen LogP contribution is -1.90. The normalized spacial score (nSPS) is 13.3. The minimum absolute atomic E-state index is 0.166. The molecule has 0 unspecified atom stereocenters. The van der Waals surface area contributed by atoms with Crippen molar-refractivity contribution in [3.63, 3.8) is 0 Å². The molecule has 2 aromatic carbocycles. The molecule has 0 amide bonds. The van der Waals surface area contributed by atoms with Crippen LogP contribution in [-0.4, -0.2) is 0 Å². The van der Waals surface area contributed by atoms with Gasteiger partial charge in [0.05, 0.1) is 0 Å². The van der Waals surface area contributed by atoms with E-state index in [1.165, 1.54) is 5.57 Å². The highest BCUT2D eigenvalue weighted by molar-refractivity contribution is 5.77. The summed E-state index contributed by atoms with van der Waals surface area (Å²) in [6, 6.07) is 13.5. The number of hydrogen-bond donors (Lipinski definition) is 0. The lowest BCUT2D eigenvalue weighted by molar-refractivity contribution is 0.629. The Labute approximate surface area is 173 Å². The Morgan fingerprint density at radius 1 is 0.793 bits per heavy atom. The summed E-state index contributed by atoms with van der Waals surface area (Å²) >= 11 is 0. The second-order valence-electron chi connectivity index (χ2n) is 7.13. The van der Waals surface area contributed by atoms with Gasteiger partial charge in [0.1, 0.15) is 5.82 Å². The van der Waals surface area contributed by atoms with E-state index in [0.717, 1.165) is 47.9 Å². The van der Waals surface area contributed by atoms with E-state index in [1.54, 1.807) is 6.07 Å². The van der Waals surface area contributed by atoms with Crippen LogP contribution in [0.3, 0.4) is 0 Å². The molecule has 0 radical (unpaired) electrons. The van der Waals surface area contributed by atoms with E-state index < -0.39 is 0 Å². The minimum Gasteiger partial charge on any atom is -0.206 e. The molecule has 29 heavy (non-hydrogen) atoms. The van der Waals surface area contributed by atoms with E-state index >= 15 is 0 Å². The van der Waals surface area contributed by atoms with Crippen LogP contribution in [0.4, 0.5) is 4.39 Å². The smallest absolute Gasteiger partial charge is 0.131 e. The maximum atomic E-state index is 14.6. The Bertz CT molecular complexity index is 1030. The zero-order valence-electron chi connectivity index (χ0n) is 17.2. The van der Waals surface area contributed by atoms with Crippen LogP contribution >= 0.6 is 0 Å². The van der Waals surface area contributed by atoms with Crippen molar-refractivity contribution in [2.75, 3.05) is 0 Å². The molecule has 1 heteroatoms. The molecule has 2 aromatic rings.